The van der Waals surface area contributed by atoms with E-state index >= 15 is 0 Å². The summed E-state index contributed by atoms with van der Waals surface area (Å²) < 4.78 is 26.7. The van der Waals surface area contributed by atoms with E-state index in [0.29, 0.717) is 45.8 Å². The number of carbonyl (C=O) groups excluding carboxylic acids is 1. The van der Waals surface area contributed by atoms with E-state index in [0.717, 1.165) is 5.56 Å². The highest BCUT2D eigenvalue weighted by Crippen LogP contribution is 2.30. The number of hydrogen-bond donors (Lipinski definition) is 1. The smallest absolute Gasteiger partial charge is 0.259 e. The van der Waals surface area contributed by atoms with Crippen molar-refractivity contribution >= 4 is 17.7 Å². The highest BCUT2D eigenvalue weighted by molar-refractivity contribution is 7.98. The van der Waals surface area contributed by atoms with Crippen LogP contribution in [-0.2, 0) is 19.2 Å². The van der Waals surface area contributed by atoms with Crippen molar-refractivity contribution in [2.24, 2.45) is 7.05 Å². The average Bonchev–Trinajstić information content (AvgIpc) is 3.27. The molecule has 1 aromatic heterocycles. The Morgan fingerprint density at radius 1 is 0.972 bits per heavy atom. The molecule has 0 fully saturated rings. The fraction of sp³-hybridized carbons (Fsp3) is 0.222. The van der Waals surface area contributed by atoms with Crippen LogP contribution in [0, 0.1) is 5.82 Å². The molecule has 7 nitrogen and oxygen atoms in total. The van der Waals surface area contributed by atoms with Gasteiger partial charge < -0.3 is 19.4 Å². The molecule has 0 spiro atoms. The Balaban J connectivity index is 1.62. The first-order chi connectivity index (χ1) is 17.5. The molecule has 1 amide bonds. The van der Waals surface area contributed by atoms with Crippen molar-refractivity contribution in [2.75, 3.05) is 14.2 Å². The van der Waals surface area contributed by atoms with Crippen LogP contribution in [0.4, 0.5) is 4.39 Å². The maximum absolute atomic E-state index is 14.1. The van der Waals surface area contributed by atoms with Crippen LogP contribution in [0.2, 0.25) is 0 Å². The van der Waals surface area contributed by atoms with Gasteiger partial charge in [0.15, 0.2) is 11.0 Å². The summed E-state index contributed by atoms with van der Waals surface area (Å²) >= 11 is 1.38. The normalized spacial score (nSPS) is 11.7. The van der Waals surface area contributed by atoms with Gasteiger partial charge in [0.1, 0.15) is 22.9 Å². The minimum atomic E-state index is -0.491. The molecule has 0 radical (unpaired) electrons. The zero-order valence-electron chi connectivity index (χ0n) is 20.3. The van der Waals surface area contributed by atoms with Gasteiger partial charge in [-0.3, -0.25) is 4.79 Å². The number of amides is 1. The first-order valence-electron chi connectivity index (χ1n) is 11.3. The maximum atomic E-state index is 14.1. The molecule has 0 saturated carbocycles. The molecule has 4 aromatic rings. The zero-order chi connectivity index (χ0) is 25.5. The van der Waals surface area contributed by atoms with Crippen molar-refractivity contribution in [1.82, 2.24) is 20.1 Å². The van der Waals surface area contributed by atoms with Crippen LogP contribution < -0.4 is 14.8 Å². The molecule has 0 unspecified atom stereocenters. The third kappa shape index (κ3) is 5.68. The van der Waals surface area contributed by atoms with Crippen molar-refractivity contribution in [3.63, 3.8) is 0 Å². The number of benzene rings is 3. The number of methoxy groups -OCH3 is 2. The van der Waals surface area contributed by atoms with E-state index in [-0.39, 0.29) is 11.7 Å². The summed E-state index contributed by atoms with van der Waals surface area (Å²) in [6, 6.07) is 21.2. The van der Waals surface area contributed by atoms with E-state index < -0.39 is 6.04 Å². The largest absolute Gasteiger partial charge is 0.496 e. The van der Waals surface area contributed by atoms with Crippen molar-refractivity contribution < 1.29 is 18.7 Å². The Labute approximate surface area is 213 Å². The summed E-state index contributed by atoms with van der Waals surface area (Å²) in [5.74, 6) is 1.19. The molecule has 9 heteroatoms. The number of rotatable bonds is 10. The molecule has 0 saturated heterocycles. The lowest BCUT2D eigenvalue weighted by atomic mass is 10.0. The molecule has 1 heterocycles. The van der Waals surface area contributed by atoms with Crippen LogP contribution >= 0.6 is 11.8 Å². The monoisotopic (exact) mass is 506 g/mol. The highest BCUT2D eigenvalue weighted by Gasteiger charge is 2.26. The molecule has 0 aliphatic heterocycles. The van der Waals surface area contributed by atoms with E-state index in [1.807, 2.05) is 41.9 Å². The van der Waals surface area contributed by atoms with Gasteiger partial charge in [0, 0.05) is 12.8 Å². The van der Waals surface area contributed by atoms with Crippen LogP contribution in [0.15, 0.2) is 78.0 Å². The minimum Gasteiger partial charge on any atom is -0.496 e. The second-order valence-corrected chi connectivity index (χ2v) is 8.98. The molecule has 1 atom stereocenters. The molecule has 0 aliphatic rings. The highest BCUT2D eigenvalue weighted by atomic mass is 32.2. The van der Waals surface area contributed by atoms with Gasteiger partial charge in [0.25, 0.3) is 5.91 Å². The van der Waals surface area contributed by atoms with Crippen LogP contribution in [0.1, 0.15) is 33.4 Å². The topological polar surface area (TPSA) is 78.3 Å². The van der Waals surface area contributed by atoms with Gasteiger partial charge in [-0.25, -0.2) is 4.39 Å². The number of halogens is 1. The van der Waals surface area contributed by atoms with Crippen molar-refractivity contribution in [3.8, 4) is 11.5 Å². The van der Waals surface area contributed by atoms with Crippen LogP contribution in [0.5, 0.6) is 11.5 Å². The van der Waals surface area contributed by atoms with Gasteiger partial charge in [-0.15, -0.1) is 10.2 Å². The number of ether oxygens (including phenoxy) is 2. The van der Waals surface area contributed by atoms with Crippen LogP contribution in [0.3, 0.4) is 0 Å². The fourth-order valence-corrected chi connectivity index (χ4v) is 4.78. The fourth-order valence-electron chi connectivity index (χ4n) is 3.88. The minimum absolute atomic E-state index is 0.257. The zero-order valence-corrected chi connectivity index (χ0v) is 21.1. The molecule has 4 rings (SSSR count). The standard InChI is InChI=1S/C27H27FN4O3S/c1-32-25(30-31-27(32)36-17-19-12-7-8-13-20(19)28)21(16-18-10-5-4-6-11-18)29-26(33)24-22(34-2)14-9-15-23(24)35-3/h4-15,21H,16-17H2,1-3H3,(H,29,33)/t21-/m0/s1. The van der Waals surface area contributed by atoms with Gasteiger partial charge >= 0.3 is 0 Å². The van der Waals surface area contributed by atoms with Crippen molar-refractivity contribution in [3.05, 3.63) is 101 Å². The third-order valence-corrected chi connectivity index (χ3v) is 6.81. The summed E-state index contributed by atoms with van der Waals surface area (Å²) in [5, 5.41) is 12.4. The Morgan fingerprint density at radius 2 is 1.64 bits per heavy atom. The molecular weight excluding hydrogens is 479 g/mol. The van der Waals surface area contributed by atoms with E-state index in [4.69, 9.17) is 9.47 Å². The Kier molecular flexibility index (Phi) is 8.22. The number of nitrogens with one attached hydrogen (secondary N) is 1. The summed E-state index contributed by atoms with van der Waals surface area (Å²) in [7, 11) is 4.86. The lowest BCUT2D eigenvalue weighted by Gasteiger charge is -2.20. The molecule has 0 bridgehead atoms. The van der Waals surface area contributed by atoms with Crippen molar-refractivity contribution in [2.45, 2.75) is 23.4 Å². The predicted molar refractivity (Wildman–Crippen MR) is 137 cm³/mol. The molecular formula is C27H27FN4O3S. The number of aromatic nitrogens is 3. The first-order valence-corrected chi connectivity index (χ1v) is 12.3. The van der Waals surface area contributed by atoms with Gasteiger partial charge in [-0.05, 0) is 35.7 Å². The van der Waals surface area contributed by atoms with Gasteiger partial charge in [-0.2, -0.15) is 0 Å². The molecule has 0 aliphatic carbocycles. The second-order valence-electron chi connectivity index (χ2n) is 8.03. The second kappa shape index (κ2) is 11.7. The maximum Gasteiger partial charge on any atom is 0.259 e. The summed E-state index contributed by atoms with van der Waals surface area (Å²) in [5.41, 5.74) is 1.92. The van der Waals surface area contributed by atoms with E-state index in [9.17, 15) is 9.18 Å². The van der Waals surface area contributed by atoms with E-state index in [1.54, 1.807) is 36.4 Å². The number of hydrogen-bond acceptors (Lipinski definition) is 6. The Morgan fingerprint density at radius 3 is 2.31 bits per heavy atom. The SMILES string of the molecule is COc1cccc(OC)c1C(=O)N[C@@H](Cc1ccccc1)c1nnc(SCc2ccccc2F)n1C. The number of nitrogens with zero attached hydrogens (tertiary/aromatic N) is 3. The van der Waals surface area contributed by atoms with Gasteiger partial charge in [-0.1, -0.05) is 66.4 Å². The molecule has 1 N–H and O–H groups in total. The number of carbonyl (C=O) groups is 1. The Bertz CT molecular complexity index is 1310. The van der Waals surface area contributed by atoms with Gasteiger partial charge in [0.05, 0.1) is 20.3 Å². The summed E-state index contributed by atoms with van der Waals surface area (Å²) in [6.45, 7) is 0. The summed E-state index contributed by atoms with van der Waals surface area (Å²) in [4.78, 5) is 13.5. The lowest BCUT2D eigenvalue weighted by Crippen LogP contribution is -2.32. The quantitative estimate of drug-likeness (QED) is 0.306. The van der Waals surface area contributed by atoms with E-state index in [1.165, 1.54) is 32.0 Å². The molecule has 186 valence electrons. The van der Waals surface area contributed by atoms with Gasteiger partial charge in [0.2, 0.25) is 0 Å². The average molecular weight is 507 g/mol. The lowest BCUT2D eigenvalue weighted by molar-refractivity contribution is 0.0927. The predicted octanol–water partition coefficient (Wildman–Crippen LogP) is 4.98. The molecule has 36 heavy (non-hydrogen) atoms. The third-order valence-electron chi connectivity index (χ3n) is 5.74. The summed E-state index contributed by atoms with van der Waals surface area (Å²) in [6.07, 6.45) is 0.494. The van der Waals surface area contributed by atoms with Crippen molar-refractivity contribution in [1.29, 1.82) is 0 Å². The first kappa shape index (κ1) is 25.2. The number of thioether (sulfide) groups is 1. The van der Waals surface area contributed by atoms with E-state index in [2.05, 4.69) is 15.5 Å². The van der Waals surface area contributed by atoms with Crippen LogP contribution in [-0.4, -0.2) is 34.9 Å². The molecule has 3 aromatic carbocycles. The van der Waals surface area contributed by atoms with Crippen LogP contribution in [0.25, 0.3) is 0 Å². The Hall–Kier alpha value is -3.85.